The Hall–Kier alpha value is -1.07. The van der Waals surface area contributed by atoms with Gasteiger partial charge in [0.1, 0.15) is 17.3 Å². The van der Waals surface area contributed by atoms with Crippen LogP contribution in [0.25, 0.3) is 0 Å². The smallest absolute Gasteiger partial charge is 0.137 e. The first kappa shape index (κ1) is 13.4. The lowest BCUT2D eigenvalue weighted by Gasteiger charge is -2.30. The molecular formula is C13H16F3NO. The summed E-state index contributed by atoms with van der Waals surface area (Å²) < 4.78 is 46.1. The molecule has 1 saturated heterocycles. The summed E-state index contributed by atoms with van der Waals surface area (Å²) in [5, 5.41) is 3.11. The molecule has 0 aliphatic carbocycles. The van der Waals surface area contributed by atoms with Crippen molar-refractivity contribution in [3.05, 3.63) is 35.4 Å². The van der Waals surface area contributed by atoms with E-state index in [0.717, 1.165) is 12.1 Å². The average Bonchev–Trinajstić information content (AvgIpc) is 2.29. The van der Waals surface area contributed by atoms with E-state index in [1.165, 1.54) is 6.92 Å². The minimum Gasteiger partial charge on any atom is -0.379 e. The zero-order valence-corrected chi connectivity index (χ0v) is 10.2. The van der Waals surface area contributed by atoms with Crippen molar-refractivity contribution in [1.82, 2.24) is 5.32 Å². The van der Waals surface area contributed by atoms with Gasteiger partial charge >= 0.3 is 0 Å². The first-order chi connectivity index (χ1) is 8.49. The van der Waals surface area contributed by atoms with Crippen molar-refractivity contribution in [1.29, 1.82) is 0 Å². The van der Waals surface area contributed by atoms with Crippen LogP contribution in [0.15, 0.2) is 18.2 Å². The summed E-state index contributed by atoms with van der Waals surface area (Å²) in [5.41, 5.74) is -1.97. The Balaban J connectivity index is 2.13. The molecule has 1 aromatic carbocycles. The molecule has 100 valence electrons. The fourth-order valence-electron chi connectivity index (χ4n) is 2.24. The third kappa shape index (κ3) is 3.03. The van der Waals surface area contributed by atoms with Crippen LogP contribution in [0, 0.1) is 11.6 Å². The maximum atomic E-state index is 14.5. The van der Waals surface area contributed by atoms with E-state index in [1.54, 1.807) is 0 Å². The van der Waals surface area contributed by atoms with E-state index < -0.39 is 17.3 Å². The molecule has 1 aliphatic rings. The summed E-state index contributed by atoms with van der Waals surface area (Å²) in [5.74, 6) is -1.55. The molecule has 1 aliphatic heterocycles. The molecule has 1 fully saturated rings. The van der Waals surface area contributed by atoms with Gasteiger partial charge in [-0.2, -0.15) is 0 Å². The third-order valence-electron chi connectivity index (χ3n) is 3.12. The van der Waals surface area contributed by atoms with Crippen LogP contribution in [-0.2, 0) is 10.4 Å². The fraction of sp³-hybridized carbons (Fsp3) is 0.538. The van der Waals surface area contributed by atoms with Crippen molar-refractivity contribution in [2.45, 2.75) is 25.1 Å². The van der Waals surface area contributed by atoms with Crippen molar-refractivity contribution in [2.75, 3.05) is 19.8 Å². The lowest BCUT2D eigenvalue weighted by atomic mass is 9.90. The van der Waals surface area contributed by atoms with Crippen molar-refractivity contribution in [2.24, 2.45) is 0 Å². The second-order valence-electron chi connectivity index (χ2n) is 4.75. The van der Waals surface area contributed by atoms with Crippen LogP contribution in [0.3, 0.4) is 0 Å². The van der Waals surface area contributed by atoms with Gasteiger partial charge in [0.25, 0.3) is 0 Å². The maximum absolute atomic E-state index is 14.5. The van der Waals surface area contributed by atoms with E-state index in [0.29, 0.717) is 25.8 Å². The van der Waals surface area contributed by atoms with Crippen molar-refractivity contribution in [3.63, 3.8) is 0 Å². The third-order valence-corrected chi connectivity index (χ3v) is 3.12. The number of alkyl halides is 1. The molecule has 2 nitrogen and oxygen atoms in total. The van der Waals surface area contributed by atoms with Crippen LogP contribution in [0.2, 0.25) is 0 Å². The van der Waals surface area contributed by atoms with Crippen LogP contribution in [0.4, 0.5) is 13.2 Å². The molecule has 1 heterocycles. The molecule has 18 heavy (non-hydrogen) atoms. The summed E-state index contributed by atoms with van der Waals surface area (Å²) in [6, 6.07) is 2.78. The predicted octanol–water partition coefficient (Wildman–Crippen LogP) is 2.53. The number of nitrogens with one attached hydrogen (secondary N) is 1. The molecule has 1 aromatic rings. The highest BCUT2D eigenvalue weighted by Gasteiger charge is 2.33. The summed E-state index contributed by atoms with van der Waals surface area (Å²) in [4.78, 5) is 0. The molecule has 0 saturated carbocycles. The number of rotatable bonds is 3. The van der Waals surface area contributed by atoms with Gasteiger partial charge in [0.2, 0.25) is 0 Å². The first-order valence-corrected chi connectivity index (χ1v) is 5.94. The Morgan fingerprint density at radius 1 is 1.44 bits per heavy atom. The quantitative estimate of drug-likeness (QED) is 0.900. The number of hydrogen-bond donors (Lipinski definition) is 1. The van der Waals surface area contributed by atoms with E-state index in [-0.39, 0.29) is 18.0 Å². The Morgan fingerprint density at radius 3 is 2.83 bits per heavy atom. The fourth-order valence-corrected chi connectivity index (χ4v) is 2.24. The standard InChI is InChI=1S/C13H16F3NO/c1-13(16,7-10-8-18-5-4-17-10)11-3-2-9(14)6-12(11)15/h2-3,6,10,17H,4-5,7-8H2,1H3. The van der Waals surface area contributed by atoms with Crippen molar-refractivity contribution < 1.29 is 17.9 Å². The molecule has 0 radical (unpaired) electrons. The summed E-state index contributed by atoms with van der Waals surface area (Å²) in [6.45, 7) is 2.97. The van der Waals surface area contributed by atoms with E-state index in [2.05, 4.69) is 5.32 Å². The van der Waals surface area contributed by atoms with Crippen molar-refractivity contribution in [3.8, 4) is 0 Å². The number of morpholine rings is 1. The normalized spacial score (nSPS) is 23.7. The molecule has 2 rings (SSSR count). The molecule has 0 bridgehead atoms. The Morgan fingerprint density at radius 2 is 2.22 bits per heavy atom. The van der Waals surface area contributed by atoms with Crippen molar-refractivity contribution >= 4 is 0 Å². The zero-order chi connectivity index (χ0) is 13.2. The molecule has 2 unspecified atom stereocenters. The van der Waals surface area contributed by atoms with Gasteiger partial charge in [0, 0.05) is 30.6 Å². The van der Waals surface area contributed by atoms with E-state index in [1.807, 2.05) is 0 Å². The molecular weight excluding hydrogens is 243 g/mol. The van der Waals surface area contributed by atoms with Gasteiger partial charge in [0.05, 0.1) is 13.2 Å². The number of benzene rings is 1. The summed E-state index contributed by atoms with van der Waals surface area (Å²) in [6.07, 6.45) is 0.0928. The molecule has 5 heteroatoms. The lowest BCUT2D eigenvalue weighted by molar-refractivity contribution is 0.0464. The highest BCUT2D eigenvalue weighted by Crippen LogP contribution is 2.33. The van der Waals surface area contributed by atoms with E-state index in [9.17, 15) is 13.2 Å². The molecule has 0 aromatic heterocycles. The van der Waals surface area contributed by atoms with Gasteiger partial charge in [-0.25, -0.2) is 13.2 Å². The monoisotopic (exact) mass is 259 g/mol. The number of hydrogen-bond acceptors (Lipinski definition) is 2. The Kier molecular flexibility index (Phi) is 3.92. The van der Waals surface area contributed by atoms with Gasteiger partial charge in [0.15, 0.2) is 0 Å². The molecule has 2 atom stereocenters. The Bertz CT molecular complexity index is 417. The van der Waals surface area contributed by atoms with Gasteiger partial charge in [-0.3, -0.25) is 0 Å². The SMILES string of the molecule is CC(F)(CC1COCCN1)c1ccc(F)cc1F. The van der Waals surface area contributed by atoms with Gasteiger partial charge in [-0.15, -0.1) is 0 Å². The number of halogens is 3. The van der Waals surface area contributed by atoms with Gasteiger partial charge in [-0.1, -0.05) is 0 Å². The van der Waals surface area contributed by atoms with Crippen LogP contribution < -0.4 is 5.32 Å². The van der Waals surface area contributed by atoms with Crippen LogP contribution in [0.5, 0.6) is 0 Å². The maximum Gasteiger partial charge on any atom is 0.137 e. The first-order valence-electron chi connectivity index (χ1n) is 5.94. The van der Waals surface area contributed by atoms with Gasteiger partial charge < -0.3 is 10.1 Å². The molecule has 1 N–H and O–H groups in total. The minimum absolute atomic E-state index is 0.0928. The van der Waals surface area contributed by atoms with Crippen LogP contribution in [-0.4, -0.2) is 25.8 Å². The second kappa shape index (κ2) is 5.28. The lowest BCUT2D eigenvalue weighted by Crippen LogP contribution is -2.44. The highest BCUT2D eigenvalue weighted by molar-refractivity contribution is 5.24. The van der Waals surface area contributed by atoms with Gasteiger partial charge in [-0.05, 0) is 19.1 Å². The number of ether oxygens (including phenoxy) is 1. The summed E-state index contributed by atoms with van der Waals surface area (Å²) in [7, 11) is 0. The molecule has 0 spiro atoms. The van der Waals surface area contributed by atoms with Crippen LogP contribution >= 0.6 is 0 Å². The van der Waals surface area contributed by atoms with Crippen LogP contribution in [0.1, 0.15) is 18.9 Å². The zero-order valence-electron chi connectivity index (χ0n) is 10.2. The highest BCUT2D eigenvalue weighted by atomic mass is 19.2. The molecule has 0 amide bonds. The van der Waals surface area contributed by atoms with E-state index in [4.69, 9.17) is 4.74 Å². The topological polar surface area (TPSA) is 21.3 Å². The minimum atomic E-state index is -1.85. The second-order valence-corrected chi connectivity index (χ2v) is 4.75. The Labute approximate surface area is 104 Å². The largest absolute Gasteiger partial charge is 0.379 e. The average molecular weight is 259 g/mol. The summed E-state index contributed by atoms with van der Waals surface area (Å²) >= 11 is 0. The van der Waals surface area contributed by atoms with E-state index >= 15 is 0 Å². The predicted molar refractivity (Wildman–Crippen MR) is 62.0 cm³/mol.